The number of fused-ring (bicyclic) bond motifs is 2. The monoisotopic (exact) mass is 209 g/mol. The third-order valence-corrected chi connectivity index (χ3v) is 3.62. The number of rotatable bonds is 2. The third kappa shape index (κ3) is 2.13. The Kier molecular flexibility index (Phi) is 3.22. The summed E-state index contributed by atoms with van der Waals surface area (Å²) in [5, 5.41) is 0. The molecule has 2 aliphatic rings. The summed E-state index contributed by atoms with van der Waals surface area (Å²) in [7, 11) is 2.15. The molecule has 2 atom stereocenters. The van der Waals surface area contributed by atoms with Crippen LogP contribution in [0.4, 0.5) is 0 Å². The van der Waals surface area contributed by atoms with E-state index in [1.54, 1.807) is 6.08 Å². The van der Waals surface area contributed by atoms with Crippen molar-refractivity contribution < 1.29 is 9.53 Å². The van der Waals surface area contributed by atoms with Crippen molar-refractivity contribution in [2.75, 3.05) is 20.3 Å². The van der Waals surface area contributed by atoms with Gasteiger partial charge in [-0.15, -0.1) is 0 Å². The molecule has 0 saturated carbocycles. The van der Waals surface area contributed by atoms with Crippen molar-refractivity contribution in [2.24, 2.45) is 5.92 Å². The first-order valence-corrected chi connectivity index (χ1v) is 5.68. The lowest BCUT2D eigenvalue weighted by Gasteiger charge is -2.46. The Morgan fingerprint density at radius 3 is 2.47 bits per heavy atom. The summed E-state index contributed by atoms with van der Waals surface area (Å²) >= 11 is 0. The van der Waals surface area contributed by atoms with Crippen LogP contribution in [0, 0.1) is 5.92 Å². The van der Waals surface area contributed by atoms with Crippen LogP contribution in [-0.4, -0.2) is 43.0 Å². The van der Waals surface area contributed by atoms with E-state index in [1.807, 2.05) is 13.0 Å². The van der Waals surface area contributed by atoms with Crippen LogP contribution in [0.5, 0.6) is 0 Å². The first kappa shape index (κ1) is 10.8. The van der Waals surface area contributed by atoms with E-state index in [0.717, 1.165) is 26.1 Å². The van der Waals surface area contributed by atoms with Crippen LogP contribution in [0.3, 0.4) is 0 Å². The Hall–Kier alpha value is -0.670. The Labute approximate surface area is 91.1 Å². The number of carbonyl (C=O) groups excluding carboxylic acids is 1. The van der Waals surface area contributed by atoms with Crippen molar-refractivity contribution in [3.63, 3.8) is 0 Å². The summed E-state index contributed by atoms with van der Waals surface area (Å²) in [6.45, 7) is 3.47. The van der Waals surface area contributed by atoms with Gasteiger partial charge in [-0.2, -0.15) is 0 Å². The number of likely N-dealkylation sites (N-methyl/N-ethyl adjacent to an activating group) is 1. The molecule has 2 saturated heterocycles. The van der Waals surface area contributed by atoms with Gasteiger partial charge in [0.1, 0.15) is 0 Å². The normalized spacial score (nSPS) is 37.1. The highest BCUT2D eigenvalue weighted by Gasteiger charge is 2.38. The number of morpholine rings is 1. The minimum atomic E-state index is 0.219. The summed E-state index contributed by atoms with van der Waals surface area (Å²) < 4.78 is 5.52. The molecule has 0 N–H and O–H groups in total. The third-order valence-electron chi connectivity index (χ3n) is 3.62. The lowest BCUT2D eigenvalue weighted by atomic mass is 9.83. The molecule has 2 bridgehead atoms. The van der Waals surface area contributed by atoms with Crippen molar-refractivity contribution in [3.05, 3.63) is 12.2 Å². The van der Waals surface area contributed by atoms with Crippen molar-refractivity contribution >= 4 is 5.78 Å². The van der Waals surface area contributed by atoms with Crippen LogP contribution < -0.4 is 0 Å². The molecule has 0 spiro atoms. The summed E-state index contributed by atoms with van der Waals surface area (Å²) in [5.74, 6) is 0.513. The summed E-state index contributed by atoms with van der Waals surface area (Å²) in [6, 6.07) is 0.883. The number of piperidine rings is 1. The molecule has 3 heteroatoms. The molecule has 0 aliphatic carbocycles. The van der Waals surface area contributed by atoms with Gasteiger partial charge in [0.05, 0.1) is 13.2 Å². The van der Waals surface area contributed by atoms with E-state index in [4.69, 9.17) is 4.74 Å². The molecular formula is C12H19NO2. The molecule has 0 radical (unpaired) electrons. The number of ketones is 1. The number of allylic oxidation sites excluding steroid dienone is 2. The fraction of sp³-hybridized carbons (Fsp3) is 0.750. The second kappa shape index (κ2) is 4.45. The Morgan fingerprint density at radius 2 is 1.93 bits per heavy atom. The Balaban J connectivity index is 2.04. The van der Waals surface area contributed by atoms with Gasteiger partial charge in [-0.1, -0.05) is 6.08 Å². The number of nitrogens with zero attached hydrogens (tertiary/aromatic N) is 1. The van der Waals surface area contributed by atoms with Gasteiger partial charge in [0.15, 0.2) is 5.78 Å². The largest absolute Gasteiger partial charge is 0.378 e. The number of hydrogen-bond acceptors (Lipinski definition) is 3. The highest BCUT2D eigenvalue weighted by Crippen LogP contribution is 2.30. The molecule has 2 unspecified atom stereocenters. The maximum atomic E-state index is 11.8. The second-order valence-electron chi connectivity index (χ2n) is 4.58. The molecule has 0 aromatic carbocycles. The van der Waals surface area contributed by atoms with Gasteiger partial charge in [0.25, 0.3) is 0 Å². The molecule has 2 heterocycles. The quantitative estimate of drug-likeness (QED) is 0.641. The summed E-state index contributed by atoms with van der Waals surface area (Å²) in [6.07, 6.45) is 5.46. The predicted molar refractivity (Wildman–Crippen MR) is 58.7 cm³/mol. The van der Waals surface area contributed by atoms with E-state index in [2.05, 4.69) is 11.9 Å². The van der Waals surface area contributed by atoms with E-state index in [0.29, 0.717) is 17.9 Å². The van der Waals surface area contributed by atoms with Gasteiger partial charge >= 0.3 is 0 Å². The molecule has 2 aliphatic heterocycles. The van der Waals surface area contributed by atoms with Gasteiger partial charge in [0.2, 0.25) is 0 Å². The van der Waals surface area contributed by atoms with Gasteiger partial charge in [-0.3, -0.25) is 9.69 Å². The standard InChI is InChI=1S/C12H19NO2/c1-3-4-12(14)9-5-10-7-15-8-11(6-9)13(10)2/h3-4,9-11H,5-8H2,1-2H3/b4-3-. The Morgan fingerprint density at radius 1 is 1.33 bits per heavy atom. The number of carbonyl (C=O) groups is 1. The average molecular weight is 209 g/mol. The summed E-state index contributed by atoms with van der Waals surface area (Å²) in [4.78, 5) is 14.2. The first-order chi connectivity index (χ1) is 7.22. The van der Waals surface area contributed by atoms with E-state index < -0.39 is 0 Å². The highest BCUT2D eigenvalue weighted by atomic mass is 16.5. The molecule has 0 aromatic heterocycles. The summed E-state index contributed by atoms with van der Waals surface area (Å²) in [5.41, 5.74) is 0. The lowest BCUT2D eigenvalue weighted by Crippen LogP contribution is -2.55. The van der Waals surface area contributed by atoms with Crippen LogP contribution in [0.1, 0.15) is 19.8 Å². The predicted octanol–water partition coefficient (Wildman–Crippen LogP) is 1.24. The maximum absolute atomic E-state index is 11.8. The van der Waals surface area contributed by atoms with Crippen molar-refractivity contribution in [1.29, 1.82) is 0 Å². The molecule has 84 valence electrons. The zero-order valence-corrected chi connectivity index (χ0v) is 9.48. The van der Waals surface area contributed by atoms with Crippen LogP contribution >= 0.6 is 0 Å². The average Bonchev–Trinajstić information content (AvgIpc) is 2.17. The van der Waals surface area contributed by atoms with Crippen LogP contribution in [-0.2, 0) is 9.53 Å². The first-order valence-electron chi connectivity index (χ1n) is 5.68. The highest BCUT2D eigenvalue weighted by molar-refractivity contribution is 5.91. The number of hydrogen-bond donors (Lipinski definition) is 0. The maximum Gasteiger partial charge on any atom is 0.158 e. The SMILES string of the molecule is C/C=C\C(=O)C1CC2COCC(C1)N2C. The van der Waals surface area contributed by atoms with Crippen LogP contribution in [0.2, 0.25) is 0 Å². The van der Waals surface area contributed by atoms with Gasteiger partial charge < -0.3 is 4.74 Å². The fourth-order valence-corrected chi connectivity index (χ4v) is 2.63. The van der Waals surface area contributed by atoms with Crippen molar-refractivity contribution in [2.45, 2.75) is 31.8 Å². The molecule has 0 amide bonds. The van der Waals surface area contributed by atoms with Gasteiger partial charge in [0, 0.05) is 18.0 Å². The van der Waals surface area contributed by atoms with Gasteiger partial charge in [-0.25, -0.2) is 0 Å². The zero-order chi connectivity index (χ0) is 10.8. The molecule has 2 rings (SSSR count). The van der Waals surface area contributed by atoms with Gasteiger partial charge in [-0.05, 0) is 32.9 Å². The minimum absolute atomic E-state index is 0.219. The van der Waals surface area contributed by atoms with Crippen LogP contribution in [0.15, 0.2) is 12.2 Å². The zero-order valence-electron chi connectivity index (χ0n) is 9.48. The number of ether oxygens (including phenoxy) is 1. The molecule has 3 nitrogen and oxygen atoms in total. The molecule has 0 aromatic rings. The minimum Gasteiger partial charge on any atom is -0.378 e. The van der Waals surface area contributed by atoms with E-state index in [-0.39, 0.29) is 5.92 Å². The van der Waals surface area contributed by atoms with E-state index in [1.165, 1.54) is 0 Å². The molecule has 15 heavy (non-hydrogen) atoms. The van der Waals surface area contributed by atoms with Crippen LogP contribution in [0.25, 0.3) is 0 Å². The molecule has 2 fully saturated rings. The van der Waals surface area contributed by atoms with E-state index in [9.17, 15) is 4.79 Å². The molecular weight excluding hydrogens is 190 g/mol. The smallest absolute Gasteiger partial charge is 0.158 e. The van der Waals surface area contributed by atoms with Crippen molar-refractivity contribution in [3.8, 4) is 0 Å². The fourth-order valence-electron chi connectivity index (χ4n) is 2.63. The lowest BCUT2D eigenvalue weighted by molar-refractivity contribution is -0.126. The van der Waals surface area contributed by atoms with Crippen molar-refractivity contribution in [1.82, 2.24) is 4.90 Å². The topological polar surface area (TPSA) is 29.5 Å². The second-order valence-corrected chi connectivity index (χ2v) is 4.58. The Bertz CT molecular complexity index is 261. The van der Waals surface area contributed by atoms with E-state index >= 15 is 0 Å².